The molecule has 1 N–H and O–H groups in total. The van der Waals surface area contributed by atoms with Crippen LogP contribution in [0.3, 0.4) is 0 Å². The highest BCUT2D eigenvalue weighted by atomic mass is 32.2. The number of pyridine rings is 1. The number of aromatic nitrogens is 4. The van der Waals surface area contributed by atoms with Crippen LogP contribution < -0.4 is 0 Å². The van der Waals surface area contributed by atoms with Crippen LogP contribution in [0.4, 0.5) is 0 Å². The number of aryl methyl sites for hydroxylation is 2. The lowest BCUT2D eigenvalue weighted by atomic mass is 10.1. The summed E-state index contributed by atoms with van der Waals surface area (Å²) in [7, 11) is 0. The number of benzene rings is 2. The Bertz CT molecular complexity index is 1130. The lowest BCUT2D eigenvalue weighted by Gasteiger charge is -2.10. The Hall–Kier alpha value is -2.44. The Kier molecular flexibility index (Phi) is 4.61. The molecule has 130 valence electrons. The first kappa shape index (κ1) is 17.0. The molecule has 2 heterocycles. The van der Waals surface area contributed by atoms with Gasteiger partial charge in [0.15, 0.2) is 4.77 Å². The first-order valence-corrected chi connectivity index (χ1v) is 9.74. The van der Waals surface area contributed by atoms with Gasteiger partial charge in [-0.25, -0.2) is 0 Å². The van der Waals surface area contributed by atoms with Crippen LogP contribution in [0.1, 0.15) is 17.1 Å². The minimum Gasteiger partial charge on any atom is -0.271 e. The number of nitrogens with zero attached hydrogens (tertiary/aromatic N) is 3. The van der Waals surface area contributed by atoms with Crippen molar-refractivity contribution in [2.45, 2.75) is 24.5 Å². The first-order valence-electron chi connectivity index (χ1n) is 8.34. The summed E-state index contributed by atoms with van der Waals surface area (Å²) in [5.41, 5.74) is 4.30. The summed E-state index contributed by atoms with van der Waals surface area (Å²) in [5.74, 6) is 1.62. The van der Waals surface area contributed by atoms with Crippen LogP contribution in [-0.4, -0.2) is 19.7 Å². The molecule has 0 amide bonds. The summed E-state index contributed by atoms with van der Waals surface area (Å²) in [6, 6.07) is 18.6. The minimum absolute atomic E-state index is 0.610. The lowest BCUT2D eigenvalue weighted by Crippen LogP contribution is -2.00. The van der Waals surface area contributed by atoms with E-state index in [2.05, 4.69) is 46.4 Å². The van der Waals surface area contributed by atoms with Gasteiger partial charge in [0, 0.05) is 21.7 Å². The van der Waals surface area contributed by atoms with Gasteiger partial charge in [0.05, 0.1) is 11.3 Å². The molecule has 0 saturated heterocycles. The van der Waals surface area contributed by atoms with Gasteiger partial charge in [-0.2, -0.15) is 5.10 Å². The second-order valence-electron chi connectivity index (χ2n) is 6.19. The fraction of sp³-hybridized carbons (Fsp3) is 0.150. The number of H-pyrrole nitrogens is 1. The molecule has 0 saturated carbocycles. The number of thioether (sulfide) groups is 1. The maximum atomic E-state index is 5.43. The standard InChI is InChI=1S/C20H18N4S2/c1-13-8-9-17-16(10-13)18(11-14(2)21-17)26-12-19-22-23-20(25)24(19)15-6-4-3-5-7-15/h3-11H,12H2,1-2H3,(H,23,25). The number of hydrogen-bond acceptors (Lipinski definition) is 4. The molecule has 4 rings (SSSR count). The van der Waals surface area contributed by atoms with Crippen LogP contribution in [0.5, 0.6) is 0 Å². The molecule has 0 fully saturated rings. The van der Waals surface area contributed by atoms with Gasteiger partial charge in [-0.3, -0.25) is 14.6 Å². The van der Waals surface area contributed by atoms with E-state index < -0.39 is 0 Å². The summed E-state index contributed by atoms with van der Waals surface area (Å²) in [5, 5.41) is 8.54. The average molecular weight is 379 g/mol. The fourth-order valence-electron chi connectivity index (χ4n) is 2.97. The van der Waals surface area contributed by atoms with Gasteiger partial charge in [0.1, 0.15) is 5.82 Å². The molecule has 0 aliphatic carbocycles. The zero-order chi connectivity index (χ0) is 18.1. The van der Waals surface area contributed by atoms with Gasteiger partial charge in [-0.05, 0) is 56.4 Å². The number of para-hydroxylation sites is 1. The number of hydrogen-bond donors (Lipinski definition) is 1. The normalized spacial score (nSPS) is 11.2. The van der Waals surface area contributed by atoms with Crippen molar-refractivity contribution >= 4 is 34.9 Å². The zero-order valence-corrected chi connectivity index (χ0v) is 16.2. The molecule has 4 aromatic rings. The van der Waals surface area contributed by atoms with E-state index in [1.54, 1.807) is 11.8 Å². The van der Waals surface area contributed by atoms with Crippen LogP contribution in [0.2, 0.25) is 0 Å². The summed E-state index contributed by atoms with van der Waals surface area (Å²) < 4.78 is 2.60. The van der Waals surface area contributed by atoms with Crippen LogP contribution >= 0.6 is 24.0 Å². The zero-order valence-electron chi connectivity index (χ0n) is 14.6. The molecule has 6 heteroatoms. The summed E-state index contributed by atoms with van der Waals surface area (Å²) >= 11 is 7.18. The average Bonchev–Trinajstić information content (AvgIpc) is 3.01. The molecule has 0 unspecified atom stereocenters. The van der Waals surface area contributed by atoms with Crippen molar-refractivity contribution in [1.29, 1.82) is 0 Å². The van der Waals surface area contributed by atoms with E-state index in [0.29, 0.717) is 10.5 Å². The van der Waals surface area contributed by atoms with Crippen molar-refractivity contribution in [3.05, 3.63) is 76.5 Å². The topological polar surface area (TPSA) is 46.5 Å². The quantitative estimate of drug-likeness (QED) is 0.382. The SMILES string of the molecule is Cc1ccc2nc(C)cc(SCc3n[nH]c(=S)n3-c3ccccc3)c2c1. The van der Waals surface area contributed by atoms with Crippen LogP contribution in [0.15, 0.2) is 59.5 Å². The molecular weight excluding hydrogens is 360 g/mol. The third-order valence-corrected chi connectivity index (χ3v) is 5.49. The second-order valence-corrected chi connectivity index (χ2v) is 7.59. The number of fused-ring (bicyclic) bond motifs is 1. The maximum absolute atomic E-state index is 5.43. The van der Waals surface area contributed by atoms with E-state index in [4.69, 9.17) is 12.2 Å². The monoisotopic (exact) mass is 378 g/mol. The van der Waals surface area contributed by atoms with Crippen molar-refractivity contribution in [2.75, 3.05) is 0 Å². The van der Waals surface area contributed by atoms with Crippen molar-refractivity contribution in [1.82, 2.24) is 19.7 Å². The summed E-state index contributed by atoms with van der Waals surface area (Å²) in [6.07, 6.45) is 0. The van der Waals surface area contributed by atoms with Crippen molar-refractivity contribution in [3.8, 4) is 5.69 Å². The molecule has 2 aromatic heterocycles. The van der Waals surface area contributed by atoms with Gasteiger partial charge in [0.2, 0.25) is 0 Å². The van der Waals surface area contributed by atoms with Gasteiger partial charge in [-0.15, -0.1) is 11.8 Å². The van der Waals surface area contributed by atoms with Crippen LogP contribution in [0, 0.1) is 18.6 Å². The molecular formula is C20H18N4S2. The second kappa shape index (κ2) is 7.05. The number of aromatic amines is 1. The largest absolute Gasteiger partial charge is 0.271 e. The van der Waals surface area contributed by atoms with Crippen molar-refractivity contribution < 1.29 is 0 Å². The molecule has 0 aliphatic heterocycles. The molecule has 0 aliphatic rings. The van der Waals surface area contributed by atoms with Gasteiger partial charge >= 0.3 is 0 Å². The Labute approximate surface area is 161 Å². The molecule has 0 spiro atoms. The summed E-state index contributed by atoms with van der Waals surface area (Å²) in [4.78, 5) is 5.86. The van der Waals surface area contributed by atoms with E-state index in [-0.39, 0.29) is 0 Å². The third kappa shape index (κ3) is 3.30. The Balaban J connectivity index is 1.70. The molecule has 0 atom stereocenters. The Morgan fingerprint density at radius 3 is 2.69 bits per heavy atom. The van der Waals surface area contributed by atoms with E-state index in [1.807, 2.05) is 41.8 Å². The molecule has 0 radical (unpaired) electrons. The maximum Gasteiger partial charge on any atom is 0.199 e. The molecule has 0 bridgehead atoms. The molecule has 4 nitrogen and oxygen atoms in total. The van der Waals surface area contributed by atoms with Crippen molar-refractivity contribution in [3.63, 3.8) is 0 Å². The van der Waals surface area contributed by atoms with Gasteiger partial charge in [0.25, 0.3) is 0 Å². The van der Waals surface area contributed by atoms with E-state index in [0.717, 1.165) is 22.7 Å². The minimum atomic E-state index is 0.610. The van der Waals surface area contributed by atoms with E-state index >= 15 is 0 Å². The lowest BCUT2D eigenvalue weighted by molar-refractivity contribution is 0.949. The molecule has 2 aromatic carbocycles. The number of nitrogens with one attached hydrogen (secondary N) is 1. The van der Waals surface area contributed by atoms with Crippen molar-refractivity contribution in [2.24, 2.45) is 0 Å². The van der Waals surface area contributed by atoms with Gasteiger partial charge < -0.3 is 0 Å². The van der Waals surface area contributed by atoms with E-state index in [1.165, 1.54) is 15.8 Å². The predicted octanol–water partition coefficient (Wildman–Crippen LogP) is 5.39. The van der Waals surface area contributed by atoms with Crippen LogP contribution in [0.25, 0.3) is 16.6 Å². The molecule has 26 heavy (non-hydrogen) atoms. The van der Waals surface area contributed by atoms with Crippen LogP contribution in [-0.2, 0) is 5.75 Å². The number of rotatable bonds is 4. The Morgan fingerprint density at radius 2 is 1.88 bits per heavy atom. The predicted molar refractivity (Wildman–Crippen MR) is 110 cm³/mol. The smallest absolute Gasteiger partial charge is 0.199 e. The van der Waals surface area contributed by atoms with Gasteiger partial charge in [-0.1, -0.05) is 29.8 Å². The summed E-state index contributed by atoms with van der Waals surface area (Å²) in [6.45, 7) is 4.14. The highest BCUT2D eigenvalue weighted by Crippen LogP contribution is 2.31. The Morgan fingerprint density at radius 1 is 1.08 bits per heavy atom. The fourth-order valence-corrected chi connectivity index (χ4v) is 4.27. The first-order chi connectivity index (χ1) is 12.6. The highest BCUT2D eigenvalue weighted by molar-refractivity contribution is 7.98. The highest BCUT2D eigenvalue weighted by Gasteiger charge is 2.11. The van der Waals surface area contributed by atoms with E-state index in [9.17, 15) is 0 Å². The third-order valence-electron chi connectivity index (χ3n) is 4.17.